The Hall–Kier alpha value is -2.87. The summed E-state index contributed by atoms with van der Waals surface area (Å²) in [6.45, 7) is 8.84. The molecule has 3 rings (SSSR count). The molecular formula is C25H32Cl2N6O. The molecule has 7 nitrogen and oxygen atoms in total. The highest BCUT2D eigenvalue weighted by Gasteiger charge is 2.13. The lowest BCUT2D eigenvalue weighted by Crippen LogP contribution is -2.31. The van der Waals surface area contributed by atoms with E-state index in [-0.39, 0.29) is 12.3 Å². The molecule has 9 heteroatoms. The van der Waals surface area contributed by atoms with Gasteiger partial charge in [0, 0.05) is 60.6 Å². The van der Waals surface area contributed by atoms with Crippen molar-refractivity contribution in [2.24, 2.45) is 0 Å². The van der Waals surface area contributed by atoms with Gasteiger partial charge in [0.1, 0.15) is 18.2 Å². The van der Waals surface area contributed by atoms with Crippen molar-refractivity contribution in [1.29, 1.82) is 5.41 Å². The van der Waals surface area contributed by atoms with Crippen molar-refractivity contribution in [3.8, 4) is 5.75 Å². The molecule has 0 fully saturated rings. The molecule has 0 aliphatic carbocycles. The van der Waals surface area contributed by atoms with Gasteiger partial charge in [-0.15, -0.1) is 0 Å². The van der Waals surface area contributed by atoms with Gasteiger partial charge in [0.15, 0.2) is 0 Å². The van der Waals surface area contributed by atoms with Crippen LogP contribution >= 0.6 is 23.2 Å². The third-order valence-electron chi connectivity index (χ3n) is 5.00. The maximum atomic E-state index is 8.66. The van der Waals surface area contributed by atoms with Gasteiger partial charge in [-0.2, -0.15) is 0 Å². The van der Waals surface area contributed by atoms with Crippen molar-refractivity contribution in [3.63, 3.8) is 0 Å². The summed E-state index contributed by atoms with van der Waals surface area (Å²) in [6, 6.07) is 9.01. The van der Waals surface area contributed by atoms with E-state index in [4.69, 9.17) is 39.1 Å². The number of nitrogens with zero attached hydrogens (tertiary/aromatic N) is 3. The second kappa shape index (κ2) is 13.7. The fourth-order valence-corrected chi connectivity index (χ4v) is 3.60. The number of nitrogens with one attached hydrogen (secondary N) is 2. The summed E-state index contributed by atoms with van der Waals surface area (Å²) in [4.78, 5) is 10.7. The molecule has 0 bridgehead atoms. The quantitative estimate of drug-likeness (QED) is 0.252. The molecule has 0 saturated carbocycles. The highest BCUT2D eigenvalue weighted by Crippen LogP contribution is 2.27. The molecule has 0 spiro atoms. The van der Waals surface area contributed by atoms with Gasteiger partial charge in [-0.05, 0) is 44.3 Å². The number of benzene rings is 1. The average molecular weight is 503 g/mol. The Kier molecular flexibility index (Phi) is 11.1. The van der Waals surface area contributed by atoms with Gasteiger partial charge in [-0.3, -0.25) is 10.4 Å². The second-order valence-corrected chi connectivity index (χ2v) is 7.90. The largest absolute Gasteiger partial charge is 0.489 e. The average Bonchev–Trinajstić information content (AvgIpc) is 2.86. The Morgan fingerprint density at radius 2 is 1.82 bits per heavy atom. The zero-order chi connectivity index (χ0) is 25.1. The van der Waals surface area contributed by atoms with Gasteiger partial charge < -0.3 is 20.7 Å². The predicted octanol–water partition coefficient (Wildman–Crippen LogP) is 5.43. The monoisotopic (exact) mass is 502 g/mol. The third-order valence-corrected chi connectivity index (χ3v) is 5.66. The number of nitrogens with two attached hydrogens (primary N) is 1. The Labute approximate surface area is 211 Å². The molecule has 0 atom stereocenters. The first kappa shape index (κ1) is 27.4. The summed E-state index contributed by atoms with van der Waals surface area (Å²) in [7, 11) is 1.92. The number of hydrogen-bond donors (Lipinski definition) is 3. The third kappa shape index (κ3) is 7.06. The van der Waals surface area contributed by atoms with E-state index >= 15 is 0 Å². The highest BCUT2D eigenvalue weighted by molar-refractivity contribution is 6.35. The zero-order valence-electron chi connectivity index (χ0n) is 20.0. The minimum Gasteiger partial charge on any atom is -0.489 e. The summed E-state index contributed by atoms with van der Waals surface area (Å²) < 4.78 is 5.86. The topological polar surface area (TPSA) is 100 Å². The van der Waals surface area contributed by atoms with Crippen LogP contribution in [0.2, 0.25) is 10.0 Å². The normalized spacial score (nSPS) is 10.3. The first-order chi connectivity index (χ1) is 16.4. The molecule has 34 heavy (non-hydrogen) atoms. The van der Waals surface area contributed by atoms with E-state index in [0.29, 0.717) is 38.2 Å². The smallest absolute Gasteiger partial charge is 0.128 e. The van der Waals surface area contributed by atoms with E-state index in [1.54, 1.807) is 24.4 Å². The summed E-state index contributed by atoms with van der Waals surface area (Å²) in [5.74, 6) is 1.42. The van der Waals surface area contributed by atoms with E-state index in [9.17, 15) is 0 Å². The molecule has 1 aromatic carbocycles. The number of nitrogen functional groups attached to an aromatic ring is 1. The Balaban J connectivity index is 0.00000199. The van der Waals surface area contributed by atoms with E-state index in [1.807, 2.05) is 33.0 Å². The maximum absolute atomic E-state index is 8.66. The van der Waals surface area contributed by atoms with Crippen LogP contribution in [0.15, 0.2) is 48.9 Å². The van der Waals surface area contributed by atoms with Gasteiger partial charge in [0.2, 0.25) is 0 Å². The van der Waals surface area contributed by atoms with Gasteiger partial charge >= 0.3 is 0 Å². The van der Waals surface area contributed by atoms with Crippen molar-refractivity contribution >= 4 is 40.4 Å². The number of pyridine rings is 2. The molecule has 3 aromatic rings. The fourth-order valence-electron chi connectivity index (χ4n) is 3.13. The Morgan fingerprint density at radius 3 is 2.41 bits per heavy atom. The summed E-state index contributed by atoms with van der Waals surface area (Å²) in [5, 5.41) is 12.7. The fraction of sp³-hybridized carbons (Fsp3) is 0.320. The number of likely N-dealkylation sites (N-methyl/N-ethyl adjacent to an activating group) is 2. The molecule has 0 radical (unpaired) electrons. The van der Waals surface area contributed by atoms with Crippen LogP contribution in [-0.4, -0.2) is 42.4 Å². The number of ether oxygens (including phenoxy) is 1. The van der Waals surface area contributed by atoms with Gasteiger partial charge in [0.25, 0.3) is 0 Å². The first-order valence-corrected chi connectivity index (χ1v) is 11.9. The molecule has 2 aromatic heterocycles. The lowest BCUT2D eigenvalue weighted by Gasteiger charge is -2.22. The van der Waals surface area contributed by atoms with Crippen LogP contribution in [0, 0.1) is 5.41 Å². The van der Waals surface area contributed by atoms with Crippen LogP contribution < -0.4 is 20.7 Å². The van der Waals surface area contributed by atoms with Crippen LogP contribution in [0.25, 0.3) is 0 Å². The minimum absolute atomic E-state index is 0.173. The SMILES string of the molecule is CC.CCN(CCNC)c1ccc(C(=N)c2cc(OCc3c(Cl)cncc3Cl)ccc2N)cn1. The minimum atomic E-state index is 0.173. The van der Waals surface area contributed by atoms with Crippen molar-refractivity contribution in [3.05, 3.63) is 75.7 Å². The van der Waals surface area contributed by atoms with Crippen LogP contribution in [-0.2, 0) is 6.61 Å². The van der Waals surface area contributed by atoms with Crippen LogP contribution in [0.1, 0.15) is 37.5 Å². The highest BCUT2D eigenvalue weighted by atomic mass is 35.5. The van der Waals surface area contributed by atoms with Crippen LogP contribution in [0.3, 0.4) is 0 Å². The number of hydrogen-bond acceptors (Lipinski definition) is 7. The van der Waals surface area contributed by atoms with E-state index in [1.165, 1.54) is 12.4 Å². The molecule has 182 valence electrons. The van der Waals surface area contributed by atoms with Crippen molar-refractivity contribution in [1.82, 2.24) is 15.3 Å². The number of rotatable bonds is 10. The number of halogens is 2. The summed E-state index contributed by atoms with van der Waals surface area (Å²) in [5.41, 5.74) is 8.79. The summed E-state index contributed by atoms with van der Waals surface area (Å²) in [6.07, 6.45) is 4.74. The van der Waals surface area contributed by atoms with E-state index in [2.05, 4.69) is 27.1 Å². The molecule has 0 aliphatic rings. The van der Waals surface area contributed by atoms with Gasteiger partial charge in [-0.1, -0.05) is 37.0 Å². The molecule has 0 unspecified atom stereocenters. The predicted molar refractivity (Wildman–Crippen MR) is 143 cm³/mol. The van der Waals surface area contributed by atoms with Gasteiger partial charge in [-0.25, -0.2) is 4.98 Å². The standard InChI is InChI=1S/C23H26Cl2N6O.C2H6/c1-3-31(9-8-28-2)22-7-4-15(11-30-22)23(27)17-10-16(5-6-21(17)26)32-14-18-19(24)12-29-13-20(18)25;1-2/h4-7,10-13,27-28H,3,8-9,14,26H2,1-2H3;1-2H3. The van der Waals surface area contributed by atoms with Gasteiger partial charge in [0.05, 0.1) is 15.8 Å². The lowest BCUT2D eigenvalue weighted by atomic mass is 10.0. The Morgan fingerprint density at radius 1 is 1.12 bits per heavy atom. The number of aromatic nitrogens is 2. The molecule has 4 N–H and O–H groups in total. The molecular weight excluding hydrogens is 471 g/mol. The zero-order valence-corrected chi connectivity index (χ0v) is 21.5. The summed E-state index contributed by atoms with van der Waals surface area (Å²) >= 11 is 12.3. The van der Waals surface area contributed by atoms with E-state index in [0.717, 1.165) is 25.5 Å². The number of anilines is 2. The van der Waals surface area contributed by atoms with Crippen molar-refractivity contribution in [2.45, 2.75) is 27.4 Å². The second-order valence-electron chi connectivity index (χ2n) is 7.08. The maximum Gasteiger partial charge on any atom is 0.128 e. The molecule has 2 heterocycles. The molecule has 0 amide bonds. The first-order valence-electron chi connectivity index (χ1n) is 11.2. The van der Waals surface area contributed by atoms with Crippen LogP contribution in [0.5, 0.6) is 5.75 Å². The lowest BCUT2D eigenvalue weighted by molar-refractivity contribution is 0.306. The van der Waals surface area contributed by atoms with E-state index < -0.39 is 0 Å². The van der Waals surface area contributed by atoms with Crippen molar-refractivity contribution < 1.29 is 4.74 Å². The molecule has 0 saturated heterocycles. The molecule has 0 aliphatic heterocycles. The Bertz CT molecular complexity index is 1060. The van der Waals surface area contributed by atoms with Crippen LogP contribution in [0.4, 0.5) is 11.5 Å². The van der Waals surface area contributed by atoms with Crippen molar-refractivity contribution in [2.75, 3.05) is 37.3 Å².